The molecule has 238 valence electrons. The van der Waals surface area contributed by atoms with Crippen LogP contribution < -0.4 is 16.4 Å². The van der Waals surface area contributed by atoms with E-state index in [4.69, 9.17) is 17.3 Å². The highest BCUT2D eigenvalue weighted by Gasteiger charge is 2.23. The molecule has 0 bridgehead atoms. The summed E-state index contributed by atoms with van der Waals surface area (Å²) >= 11 is 9.12. The number of halogens is 2. The minimum absolute atomic E-state index is 0.0746. The van der Waals surface area contributed by atoms with Crippen LogP contribution in [-0.4, -0.2) is 35.2 Å². The molecular weight excluding hydrogens is 636 g/mol. The van der Waals surface area contributed by atoms with Gasteiger partial charge in [0.25, 0.3) is 11.6 Å². The Morgan fingerprint density at radius 3 is 2.28 bits per heavy atom. The van der Waals surface area contributed by atoms with E-state index in [1.165, 1.54) is 55.9 Å². The van der Waals surface area contributed by atoms with Crippen LogP contribution in [0.2, 0.25) is 5.02 Å². The van der Waals surface area contributed by atoms with Gasteiger partial charge in [-0.15, -0.1) is 0 Å². The monoisotopic (exact) mass is 680 g/mol. The number of nitrogens with one attached hydrogen (secondary N) is 2. The van der Waals surface area contributed by atoms with Gasteiger partial charge in [0.1, 0.15) is 6.04 Å². The highest BCUT2D eigenvalue weighted by molar-refractivity contribution is 9.08. The van der Waals surface area contributed by atoms with Gasteiger partial charge in [-0.3, -0.25) is 24.5 Å². The van der Waals surface area contributed by atoms with E-state index in [2.05, 4.69) is 65.5 Å². The highest BCUT2D eigenvalue weighted by atomic mass is 79.9. The van der Waals surface area contributed by atoms with E-state index in [-0.39, 0.29) is 23.1 Å². The van der Waals surface area contributed by atoms with E-state index in [1.807, 2.05) is 13.0 Å². The first kappa shape index (κ1) is 38.0. The number of benzene rings is 2. The topological polar surface area (TPSA) is 144 Å². The zero-order chi connectivity index (χ0) is 32.4. The van der Waals surface area contributed by atoms with Gasteiger partial charge in [-0.05, 0) is 54.9 Å². The fourth-order valence-electron chi connectivity index (χ4n) is 4.40. The van der Waals surface area contributed by atoms with Gasteiger partial charge >= 0.3 is 0 Å². The van der Waals surface area contributed by atoms with E-state index in [0.29, 0.717) is 18.4 Å². The molecule has 1 saturated carbocycles. The van der Waals surface area contributed by atoms with Crippen molar-refractivity contribution in [2.75, 3.05) is 6.54 Å². The lowest BCUT2D eigenvalue weighted by Gasteiger charge is -2.21. The van der Waals surface area contributed by atoms with Gasteiger partial charge in [-0.2, -0.15) is 0 Å². The van der Waals surface area contributed by atoms with Gasteiger partial charge in [0.2, 0.25) is 11.8 Å². The fraction of sp³-hybridized carbons (Fsp3) is 0.531. The van der Waals surface area contributed by atoms with Gasteiger partial charge in [-0.1, -0.05) is 106 Å². The van der Waals surface area contributed by atoms with Gasteiger partial charge in [0, 0.05) is 27.5 Å². The molecular formula is C32H46BrClN4O5. The van der Waals surface area contributed by atoms with Crippen molar-refractivity contribution in [3.05, 3.63) is 74.3 Å². The summed E-state index contributed by atoms with van der Waals surface area (Å²) in [6.45, 7) is 8.10. The normalized spacial score (nSPS) is 13.5. The predicted molar refractivity (Wildman–Crippen MR) is 177 cm³/mol. The first-order valence-electron chi connectivity index (χ1n) is 14.8. The van der Waals surface area contributed by atoms with Crippen LogP contribution >= 0.6 is 27.5 Å². The van der Waals surface area contributed by atoms with E-state index in [9.17, 15) is 24.5 Å². The van der Waals surface area contributed by atoms with E-state index in [1.54, 1.807) is 0 Å². The van der Waals surface area contributed by atoms with Crippen molar-refractivity contribution in [3.63, 3.8) is 0 Å². The van der Waals surface area contributed by atoms with Crippen molar-refractivity contribution in [1.82, 2.24) is 10.6 Å². The fourth-order valence-corrected chi connectivity index (χ4v) is 5.07. The molecule has 3 rings (SSSR count). The largest absolute Gasteiger partial charge is 0.368 e. The molecule has 1 unspecified atom stereocenters. The number of nitrogens with zero attached hydrogens (tertiary/aromatic N) is 1. The smallest absolute Gasteiger partial charge is 0.274 e. The Balaban J connectivity index is 0.000000446. The Morgan fingerprint density at radius 2 is 1.74 bits per heavy atom. The summed E-state index contributed by atoms with van der Waals surface area (Å²) in [4.78, 5) is 45.9. The van der Waals surface area contributed by atoms with Crippen LogP contribution in [0.1, 0.15) is 106 Å². The number of carbonyl (C=O) groups excluding carboxylic acids is 3. The lowest BCUT2D eigenvalue weighted by Crippen LogP contribution is -2.48. The second kappa shape index (κ2) is 20.8. The van der Waals surface area contributed by atoms with Crippen molar-refractivity contribution < 1.29 is 19.3 Å². The van der Waals surface area contributed by atoms with Crippen molar-refractivity contribution in [2.45, 2.75) is 96.4 Å². The predicted octanol–water partition coefficient (Wildman–Crippen LogP) is 7.43. The molecule has 0 radical (unpaired) electrons. The number of carbonyl (C=O) groups is 3. The minimum Gasteiger partial charge on any atom is -0.368 e. The summed E-state index contributed by atoms with van der Waals surface area (Å²) < 4.78 is 0. The number of unbranched alkanes of at least 4 members (excludes halogenated alkanes) is 1. The third-order valence-corrected chi connectivity index (χ3v) is 7.36. The number of hydrogen-bond acceptors (Lipinski definition) is 5. The van der Waals surface area contributed by atoms with Gasteiger partial charge in [-0.25, -0.2) is 0 Å². The number of alkyl halides is 1. The van der Waals surface area contributed by atoms with Crippen LogP contribution in [0.25, 0.3) is 0 Å². The second-order valence-electron chi connectivity index (χ2n) is 11.2. The van der Waals surface area contributed by atoms with Crippen LogP contribution in [0.4, 0.5) is 5.69 Å². The summed E-state index contributed by atoms with van der Waals surface area (Å²) in [5.74, 6) is -0.228. The number of nitrogens with two attached hydrogens (primary N) is 1. The number of nitro groups is 1. The number of hydrogen-bond donors (Lipinski definition) is 3. The molecule has 2 aromatic rings. The Hall–Kier alpha value is -2.98. The molecule has 3 amide bonds. The average molecular weight is 682 g/mol. The Labute approximate surface area is 269 Å². The highest BCUT2D eigenvalue weighted by Crippen LogP contribution is 2.33. The minimum atomic E-state index is -0.864. The van der Waals surface area contributed by atoms with E-state index < -0.39 is 28.7 Å². The molecule has 11 heteroatoms. The molecule has 0 spiro atoms. The van der Waals surface area contributed by atoms with Crippen molar-refractivity contribution in [2.24, 2.45) is 11.7 Å². The first-order chi connectivity index (χ1) is 20.4. The van der Waals surface area contributed by atoms with Crippen LogP contribution in [0.5, 0.6) is 0 Å². The zero-order valence-corrected chi connectivity index (χ0v) is 28.0. The summed E-state index contributed by atoms with van der Waals surface area (Å²) in [6, 6.07) is 11.6. The lowest BCUT2D eigenvalue weighted by atomic mass is 9.84. The molecule has 0 heterocycles. The van der Waals surface area contributed by atoms with Gasteiger partial charge in [0.15, 0.2) is 0 Å². The second-order valence-corrected chi connectivity index (χ2v) is 12.2. The third kappa shape index (κ3) is 15.4. The zero-order valence-electron chi connectivity index (χ0n) is 25.7. The van der Waals surface area contributed by atoms with Crippen molar-refractivity contribution in [3.8, 4) is 0 Å². The van der Waals surface area contributed by atoms with E-state index >= 15 is 0 Å². The summed E-state index contributed by atoms with van der Waals surface area (Å²) in [6.07, 6.45) is 8.74. The Morgan fingerprint density at radius 1 is 1.09 bits per heavy atom. The molecule has 1 atom stereocenters. The number of primary amides is 1. The van der Waals surface area contributed by atoms with E-state index in [0.717, 1.165) is 23.3 Å². The van der Waals surface area contributed by atoms with Crippen LogP contribution in [0.15, 0.2) is 42.5 Å². The maximum Gasteiger partial charge on any atom is 0.274 e. The molecule has 9 nitrogen and oxygen atoms in total. The molecule has 43 heavy (non-hydrogen) atoms. The van der Waals surface area contributed by atoms with Gasteiger partial charge in [0.05, 0.1) is 11.5 Å². The molecule has 0 saturated heterocycles. The van der Waals surface area contributed by atoms with Gasteiger partial charge < -0.3 is 16.4 Å². The molecule has 0 aromatic heterocycles. The third-order valence-electron chi connectivity index (χ3n) is 6.52. The number of nitro benzene ring substituents is 1. The molecule has 1 fully saturated rings. The number of rotatable bonds is 11. The van der Waals surface area contributed by atoms with Crippen LogP contribution in [0.3, 0.4) is 0 Å². The number of amides is 3. The van der Waals surface area contributed by atoms with Crippen LogP contribution in [-0.2, 0) is 14.9 Å². The summed E-state index contributed by atoms with van der Waals surface area (Å²) in [5.41, 5.74) is 6.76. The standard InChI is InChI=1S/C16H21BrN4O5.C12H15Cl.C4H10/c1-2-3-4-12(16(24)19-9-14(18)22)20-15(23)10-5-6-11(8-17)13(7-10)21(25)26;13-12-8-4-7-11(9-12)10-5-2-1-3-6-10;1-4(2)3/h5-7,12H,2-4,8-9H2,1H3,(H2,18,22)(H,19,24)(H,20,23);4,7-10H,1-3,5-6H2;4H,1-3H3. The SMILES string of the molecule is CC(C)C.CCCCC(NC(=O)c1ccc(CBr)c([N+](=O)[O-])c1)C(=O)NCC(N)=O.Clc1cccc(C2CCCCC2)c1. The first-order valence-corrected chi connectivity index (χ1v) is 16.3. The maximum atomic E-state index is 12.4. The molecule has 4 N–H and O–H groups in total. The molecule has 1 aliphatic rings. The molecule has 1 aliphatic carbocycles. The molecule has 0 aliphatic heterocycles. The molecule has 2 aromatic carbocycles. The van der Waals surface area contributed by atoms with Crippen molar-refractivity contribution >= 4 is 50.9 Å². The van der Waals surface area contributed by atoms with Crippen LogP contribution in [0, 0.1) is 16.0 Å². The summed E-state index contributed by atoms with van der Waals surface area (Å²) in [7, 11) is 0. The van der Waals surface area contributed by atoms with Crippen molar-refractivity contribution in [1.29, 1.82) is 0 Å². The summed E-state index contributed by atoms with van der Waals surface area (Å²) in [5, 5.41) is 17.2. The maximum absolute atomic E-state index is 12.4. The average Bonchev–Trinajstić information content (AvgIpc) is 2.98. The quantitative estimate of drug-likeness (QED) is 0.128. The Bertz CT molecular complexity index is 1190. The Kier molecular flexibility index (Phi) is 18.4. The lowest BCUT2D eigenvalue weighted by molar-refractivity contribution is -0.385.